The summed E-state index contributed by atoms with van der Waals surface area (Å²) in [6.07, 6.45) is 0.745. The lowest BCUT2D eigenvalue weighted by atomic mass is 10.1. The molecule has 0 aliphatic carbocycles. The molecule has 0 atom stereocenters. The summed E-state index contributed by atoms with van der Waals surface area (Å²) >= 11 is 0. The van der Waals surface area contributed by atoms with E-state index in [2.05, 4.69) is 17.0 Å². The van der Waals surface area contributed by atoms with E-state index < -0.39 is 18.1 Å². The molecule has 0 aliphatic heterocycles. The van der Waals surface area contributed by atoms with Crippen LogP contribution in [0.4, 0.5) is 13.2 Å². The first-order valence-electron chi connectivity index (χ1n) is 9.57. The van der Waals surface area contributed by atoms with Gasteiger partial charge in [-0.15, -0.1) is 0 Å². The van der Waals surface area contributed by atoms with Crippen molar-refractivity contribution in [2.75, 3.05) is 19.7 Å². The molecule has 1 aromatic carbocycles. The average Bonchev–Trinajstić information content (AvgIpc) is 2.64. The maximum absolute atomic E-state index is 12.0. The first kappa shape index (κ1) is 23.9. The standard InChI is InChI=1S/C20H28F3NO4/c1-2-3-4-5-14-27-17-10-6-8-16(15-17)9-7-12-24-13-11-18(25)28-19(26)20(21,22)23/h6,8,10,15,24H,2-5,7,9,11-14H2,1H3. The van der Waals surface area contributed by atoms with Crippen LogP contribution in [0.3, 0.4) is 0 Å². The van der Waals surface area contributed by atoms with Gasteiger partial charge in [0.25, 0.3) is 0 Å². The summed E-state index contributed by atoms with van der Waals surface area (Å²) in [6.45, 7) is 3.60. The van der Waals surface area contributed by atoms with Crippen molar-refractivity contribution in [3.8, 4) is 5.75 Å². The van der Waals surface area contributed by atoms with Crippen molar-refractivity contribution < 1.29 is 32.2 Å². The van der Waals surface area contributed by atoms with Crippen LogP contribution in [-0.2, 0) is 20.7 Å². The van der Waals surface area contributed by atoms with Crippen molar-refractivity contribution in [3.63, 3.8) is 0 Å². The fourth-order valence-corrected chi connectivity index (χ4v) is 2.45. The minimum absolute atomic E-state index is 0.144. The van der Waals surface area contributed by atoms with Gasteiger partial charge < -0.3 is 14.8 Å². The van der Waals surface area contributed by atoms with Gasteiger partial charge >= 0.3 is 18.1 Å². The molecule has 0 aliphatic rings. The van der Waals surface area contributed by atoms with Gasteiger partial charge in [-0.2, -0.15) is 13.2 Å². The van der Waals surface area contributed by atoms with Crippen molar-refractivity contribution in [1.29, 1.82) is 0 Å². The number of rotatable bonds is 13. The third kappa shape index (κ3) is 10.9. The number of esters is 2. The number of unbranched alkanes of at least 4 members (excludes halogenated alkanes) is 3. The fourth-order valence-electron chi connectivity index (χ4n) is 2.45. The molecule has 0 bridgehead atoms. The quantitative estimate of drug-likeness (QED) is 0.304. The second-order valence-electron chi connectivity index (χ2n) is 6.42. The van der Waals surface area contributed by atoms with Gasteiger partial charge in [0.05, 0.1) is 13.0 Å². The number of hydrogen-bond donors (Lipinski definition) is 1. The molecule has 158 valence electrons. The zero-order chi connectivity index (χ0) is 20.8. The van der Waals surface area contributed by atoms with Crippen LogP contribution < -0.4 is 10.1 Å². The van der Waals surface area contributed by atoms with Crippen LogP contribution in [0.1, 0.15) is 51.0 Å². The number of aryl methyl sites for hydroxylation is 1. The topological polar surface area (TPSA) is 64.6 Å². The number of benzene rings is 1. The lowest BCUT2D eigenvalue weighted by Gasteiger charge is -2.09. The highest BCUT2D eigenvalue weighted by Gasteiger charge is 2.42. The van der Waals surface area contributed by atoms with Gasteiger partial charge in [-0.25, -0.2) is 4.79 Å². The van der Waals surface area contributed by atoms with Crippen LogP contribution in [0.15, 0.2) is 24.3 Å². The third-order valence-electron chi connectivity index (χ3n) is 3.93. The van der Waals surface area contributed by atoms with Crippen LogP contribution in [-0.4, -0.2) is 37.8 Å². The molecule has 0 saturated heterocycles. The molecule has 1 rings (SSSR count). The molecule has 0 amide bonds. The number of alkyl halides is 3. The van der Waals surface area contributed by atoms with E-state index in [0.717, 1.165) is 30.6 Å². The normalized spacial score (nSPS) is 11.3. The molecule has 28 heavy (non-hydrogen) atoms. The molecule has 0 fully saturated rings. The Bertz CT molecular complexity index is 605. The summed E-state index contributed by atoms with van der Waals surface area (Å²) in [7, 11) is 0. The Morgan fingerprint density at radius 3 is 2.57 bits per heavy atom. The third-order valence-corrected chi connectivity index (χ3v) is 3.93. The molecular formula is C20H28F3NO4. The van der Waals surface area contributed by atoms with Gasteiger partial charge in [-0.3, -0.25) is 4.79 Å². The lowest BCUT2D eigenvalue weighted by molar-refractivity contribution is -0.201. The molecule has 0 saturated carbocycles. The van der Waals surface area contributed by atoms with Gasteiger partial charge in [-0.05, 0) is 43.5 Å². The highest BCUT2D eigenvalue weighted by atomic mass is 19.4. The minimum Gasteiger partial charge on any atom is -0.494 e. The number of hydrogen-bond acceptors (Lipinski definition) is 5. The first-order valence-corrected chi connectivity index (χ1v) is 9.57. The van der Waals surface area contributed by atoms with Gasteiger partial charge in [-0.1, -0.05) is 38.3 Å². The molecule has 1 aromatic rings. The number of halogens is 3. The van der Waals surface area contributed by atoms with Crippen molar-refractivity contribution in [2.45, 2.75) is 58.0 Å². The monoisotopic (exact) mass is 403 g/mol. The molecule has 0 heterocycles. The van der Waals surface area contributed by atoms with Crippen LogP contribution in [0.5, 0.6) is 5.75 Å². The molecule has 8 heteroatoms. The van der Waals surface area contributed by atoms with Crippen molar-refractivity contribution in [3.05, 3.63) is 29.8 Å². The summed E-state index contributed by atoms with van der Waals surface area (Å²) < 4.78 is 45.3. The van der Waals surface area contributed by atoms with Gasteiger partial charge in [0, 0.05) is 6.54 Å². The van der Waals surface area contributed by atoms with Crippen LogP contribution >= 0.6 is 0 Å². The maximum atomic E-state index is 12.0. The molecular weight excluding hydrogens is 375 g/mol. The molecule has 5 nitrogen and oxygen atoms in total. The van der Waals surface area contributed by atoms with Crippen molar-refractivity contribution >= 4 is 11.9 Å². The molecule has 0 spiro atoms. The van der Waals surface area contributed by atoms with Crippen molar-refractivity contribution in [1.82, 2.24) is 5.32 Å². The average molecular weight is 403 g/mol. The maximum Gasteiger partial charge on any atom is 0.491 e. The number of carbonyl (C=O) groups is 2. The summed E-state index contributed by atoms with van der Waals surface area (Å²) in [5, 5.41) is 2.94. The Balaban J connectivity index is 2.15. The van der Waals surface area contributed by atoms with Gasteiger partial charge in [0.1, 0.15) is 5.75 Å². The first-order chi connectivity index (χ1) is 13.3. The van der Waals surface area contributed by atoms with E-state index in [-0.39, 0.29) is 13.0 Å². The molecule has 0 aromatic heterocycles. The second kappa shape index (κ2) is 13.1. The minimum atomic E-state index is -5.16. The fraction of sp³-hybridized carbons (Fsp3) is 0.600. The molecule has 1 N–H and O–H groups in total. The number of ether oxygens (including phenoxy) is 2. The smallest absolute Gasteiger partial charge is 0.491 e. The molecule has 0 radical (unpaired) electrons. The zero-order valence-corrected chi connectivity index (χ0v) is 16.1. The van der Waals surface area contributed by atoms with E-state index in [4.69, 9.17) is 4.74 Å². The van der Waals surface area contributed by atoms with Crippen LogP contribution in [0, 0.1) is 0 Å². The van der Waals surface area contributed by atoms with E-state index in [9.17, 15) is 22.8 Å². The Kier molecular flexibility index (Phi) is 11.2. The Labute approximate surface area is 163 Å². The van der Waals surface area contributed by atoms with Crippen LogP contribution in [0.2, 0.25) is 0 Å². The Morgan fingerprint density at radius 2 is 1.86 bits per heavy atom. The highest BCUT2D eigenvalue weighted by Crippen LogP contribution is 2.17. The SMILES string of the molecule is CCCCCCOc1cccc(CCCNCCC(=O)OC(=O)C(F)(F)F)c1. The summed E-state index contributed by atoms with van der Waals surface area (Å²) in [5.74, 6) is -2.83. The summed E-state index contributed by atoms with van der Waals surface area (Å²) in [6, 6.07) is 7.87. The second-order valence-corrected chi connectivity index (χ2v) is 6.42. The van der Waals surface area contributed by atoms with Crippen LogP contribution in [0.25, 0.3) is 0 Å². The largest absolute Gasteiger partial charge is 0.494 e. The van der Waals surface area contributed by atoms with E-state index in [0.29, 0.717) is 13.2 Å². The highest BCUT2D eigenvalue weighted by molar-refractivity contribution is 5.88. The Hall–Kier alpha value is -2.09. The van der Waals surface area contributed by atoms with E-state index in [1.54, 1.807) is 0 Å². The van der Waals surface area contributed by atoms with E-state index in [1.165, 1.54) is 19.3 Å². The number of carbonyl (C=O) groups excluding carboxylic acids is 2. The lowest BCUT2D eigenvalue weighted by Crippen LogP contribution is -2.29. The van der Waals surface area contributed by atoms with Crippen molar-refractivity contribution in [2.24, 2.45) is 0 Å². The van der Waals surface area contributed by atoms with E-state index in [1.807, 2.05) is 24.3 Å². The zero-order valence-electron chi connectivity index (χ0n) is 16.1. The predicted molar refractivity (Wildman–Crippen MR) is 99.0 cm³/mol. The predicted octanol–water partition coefficient (Wildman–Crippen LogP) is 4.19. The Morgan fingerprint density at radius 1 is 1.07 bits per heavy atom. The van der Waals surface area contributed by atoms with Gasteiger partial charge in [0.15, 0.2) is 0 Å². The summed E-state index contributed by atoms with van der Waals surface area (Å²) in [4.78, 5) is 21.6. The number of nitrogens with one attached hydrogen (secondary N) is 1. The van der Waals surface area contributed by atoms with Gasteiger partial charge in [0.2, 0.25) is 0 Å². The van der Waals surface area contributed by atoms with E-state index >= 15 is 0 Å². The molecule has 0 unspecified atom stereocenters. The summed E-state index contributed by atoms with van der Waals surface area (Å²) in [5.41, 5.74) is 1.13.